The largest absolute Gasteiger partial charge is 0.0858 e. The second kappa shape index (κ2) is 3.68. The maximum atomic E-state index is 5.49. The summed E-state index contributed by atoms with van der Waals surface area (Å²) in [7, 11) is 0. The van der Waals surface area contributed by atoms with Crippen LogP contribution in [-0.4, -0.2) is 11.3 Å². The van der Waals surface area contributed by atoms with Crippen LogP contribution in [0.2, 0.25) is 0 Å². The van der Waals surface area contributed by atoms with Crippen molar-refractivity contribution in [3.05, 3.63) is 0 Å². The Bertz CT molecular complexity index is 119. The summed E-state index contributed by atoms with van der Waals surface area (Å²) < 4.78 is -1.03. The van der Waals surface area contributed by atoms with E-state index in [1.165, 1.54) is 0 Å². The second-order valence-corrected chi connectivity index (χ2v) is 14.7. The molecule has 0 saturated carbocycles. The summed E-state index contributed by atoms with van der Waals surface area (Å²) in [6.07, 6.45) is 0. The Morgan fingerprint density at radius 3 is 1.33 bits per heavy atom. The molecule has 0 radical (unpaired) electrons. The molecule has 0 spiro atoms. The summed E-state index contributed by atoms with van der Waals surface area (Å²) in [6, 6.07) is 0. The van der Waals surface area contributed by atoms with E-state index >= 15 is 0 Å². The van der Waals surface area contributed by atoms with Gasteiger partial charge in [-0.3, -0.25) is 0 Å². The van der Waals surface area contributed by atoms with Gasteiger partial charge in [0.15, 0.2) is 0 Å². The third-order valence-corrected chi connectivity index (χ3v) is 13.4. The van der Waals surface area contributed by atoms with Crippen LogP contribution in [0.3, 0.4) is 0 Å². The molecule has 0 atom stereocenters. The molecule has 9 heavy (non-hydrogen) atoms. The molecule has 0 aliphatic heterocycles. The summed E-state index contributed by atoms with van der Waals surface area (Å²) >= 11 is 7.97. The van der Waals surface area contributed by atoms with Crippen molar-refractivity contribution in [2.75, 3.05) is 0 Å². The van der Waals surface area contributed by atoms with Crippen LogP contribution in [-0.2, 0) is 11.8 Å². The zero-order valence-electron chi connectivity index (χ0n) is 6.39. The fourth-order valence-electron chi connectivity index (χ4n) is 0.596. The van der Waals surface area contributed by atoms with Crippen LogP contribution in [0.4, 0.5) is 0 Å². The van der Waals surface area contributed by atoms with Gasteiger partial charge in [-0.2, -0.15) is 0 Å². The molecular formula is C6H14IPS. The predicted octanol–water partition coefficient (Wildman–Crippen LogP) is 3.63. The van der Waals surface area contributed by atoms with Crippen molar-refractivity contribution < 1.29 is 0 Å². The summed E-state index contributed by atoms with van der Waals surface area (Å²) in [5, 5.41) is 0. The van der Waals surface area contributed by atoms with Crippen molar-refractivity contribution >= 4 is 37.5 Å². The molecule has 0 N–H and O–H groups in total. The highest BCUT2D eigenvalue weighted by molar-refractivity contribution is 14.2. The van der Waals surface area contributed by atoms with Crippen LogP contribution in [0.1, 0.15) is 27.7 Å². The minimum absolute atomic E-state index is 0.702. The molecule has 0 unspecified atom stereocenters. The van der Waals surface area contributed by atoms with Gasteiger partial charge in [-0.25, -0.2) is 0 Å². The molecule has 0 fully saturated rings. The van der Waals surface area contributed by atoms with Crippen LogP contribution >= 0.6 is 25.7 Å². The Hall–Kier alpha value is 1.38. The van der Waals surface area contributed by atoms with Crippen molar-refractivity contribution in [1.82, 2.24) is 0 Å². The molecule has 0 aromatic carbocycles. The van der Waals surface area contributed by atoms with E-state index in [4.69, 9.17) is 11.8 Å². The molecule has 0 amide bonds. The lowest BCUT2D eigenvalue weighted by Gasteiger charge is -2.22. The molecule has 3 heteroatoms. The lowest BCUT2D eigenvalue weighted by atomic mass is 10.5. The fourth-order valence-corrected chi connectivity index (χ4v) is 1.79. The highest BCUT2D eigenvalue weighted by Crippen LogP contribution is 2.62. The molecule has 0 bridgehead atoms. The number of halogens is 1. The average molecular weight is 276 g/mol. The monoisotopic (exact) mass is 276 g/mol. The summed E-state index contributed by atoms with van der Waals surface area (Å²) in [6.45, 7) is 8.92. The first-order valence-corrected chi connectivity index (χ1v) is 8.90. The molecule has 56 valence electrons. The molecule has 0 saturated heterocycles. The summed E-state index contributed by atoms with van der Waals surface area (Å²) in [5.41, 5.74) is 1.40. The van der Waals surface area contributed by atoms with Gasteiger partial charge in [-0.05, 0) is 33.4 Å². The Labute approximate surface area is 76.3 Å². The molecule has 0 heterocycles. The van der Waals surface area contributed by atoms with Crippen LogP contribution < -0.4 is 0 Å². The van der Waals surface area contributed by atoms with E-state index in [9.17, 15) is 0 Å². The topological polar surface area (TPSA) is 0 Å². The van der Waals surface area contributed by atoms with Crippen molar-refractivity contribution in [1.29, 1.82) is 0 Å². The number of hydrogen-bond donors (Lipinski definition) is 0. The van der Waals surface area contributed by atoms with Crippen molar-refractivity contribution in [2.45, 2.75) is 39.0 Å². The smallest absolute Gasteiger partial charge is 0.0177 e. The van der Waals surface area contributed by atoms with E-state index in [0.717, 1.165) is 0 Å². The maximum Gasteiger partial charge on any atom is 0.0177 e. The van der Waals surface area contributed by atoms with Gasteiger partial charge < -0.3 is 0 Å². The van der Waals surface area contributed by atoms with Crippen LogP contribution in [0.25, 0.3) is 0 Å². The van der Waals surface area contributed by atoms with Gasteiger partial charge in [0.25, 0.3) is 0 Å². The van der Waals surface area contributed by atoms with Crippen LogP contribution in [0.15, 0.2) is 0 Å². The first-order valence-electron chi connectivity index (χ1n) is 3.18. The van der Waals surface area contributed by atoms with Gasteiger partial charge in [0.2, 0.25) is 0 Å². The van der Waals surface area contributed by atoms with Crippen molar-refractivity contribution in [2.24, 2.45) is 0 Å². The minimum Gasteiger partial charge on any atom is -0.0858 e. The van der Waals surface area contributed by atoms with E-state index in [2.05, 4.69) is 49.7 Å². The third kappa shape index (κ3) is 2.85. The summed E-state index contributed by atoms with van der Waals surface area (Å²) in [5.74, 6) is 0. The zero-order valence-corrected chi connectivity index (χ0v) is 10.3. The number of rotatable bonds is 2. The molecule has 0 rings (SSSR count). The van der Waals surface area contributed by atoms with E-state index in [-0.39, 0.29) is 0 Å². The first-order chi connectivity index (χ1) is 3.89. The van der Waals surface area contributed by atoms with Crippen molar-refractivity contribution in [3.8, 4) is 0 Å². The Morgan fingerprint density at radius 2 is 1.33 bits per heavy atom. The quantitative estimate of drug-likeness (QED) is 0.548. The third-order valence-electron chi connectivity index (χ3n) is 1.41. The first kappa shape index (κ1) is 10.4. The van der Waals surface area contributed by atoms with E-state index in [1.54, 1.807) is 0 Å². The van der Waals surface area contributed by atoms with Crippen molar-refractivity contribution in [3.63, 3.8) is 0 Å². The Kier molecular flexibility index (Phi) is 4.24. The Balaban J connectivity index is 4.21. The normalized spacial score (nSPS) is 13.2. The maximum absolute atomic E-state index is 5.49. The standard InChI is InChI=1S/C6H14IPS/c1-5(2)8(7,9)6(3)4/h5-6H,1-4H3. The van der Waals surface area contributed by atoms with Gasteiger partial charge in [0.1, 0.15) is 0 Å². The van der Waals surface area contributed by atoms with Gasteiger partial charge in [-0.1, -0.05) is 39.5 Å². The minimum atomic E-state index is -1.03. The lowest BCUT2D eigenvalue weighted by molar-refractivity contribution is 1.03. The lowest BCUT2D eigenvalue weighted by Crippen LogP contribution is -2.01. The highest BCUT2D eigenvalue weighted by Gasteiger charge is 2.20. The average Bonchev–Trinajstić information content (AvgIpc) is 1.65. The highest BCUT2D eigenvalue weighted by atomic mass is 127. The molecule has 0 aromatic heterocycles. The number of hydrogen-bond acceptors (Lipinski definition) is 1. The zero-order chi connectivity index (χ0) is 7.65. The second-order valence-electron chi connectivity index (χ2n) is 2.81. The van der Waals surface area contributed by atoms with Gasteiger partial charge in [0, 0.05) is 3.68 Å². The molecule has 0 nitrogen and oxygen atoms in total. The Morgan fingerprint density at radius 1 is 1.11 bits per heavy atom. The fraction of sp³-hybridized carbons (Fsp3) is 1.00. The van der Waals surface area contributed by atoms with Crippen LogP contribution in [0, 0.1) is 0 Å². The molecule has 0 aliphatic carbocycles. The summed E-state index contributed by atoms with van der Waals surface area (Å²) in [4.78, 5) is 0. The van der Waals surface area contributed by atoms with Gasteiger partial charge in [-0.15, -0.1) is 0 Å². The molecule has 0 aromatic rings. The van der Waals surface area contributed by atoms with Gasteiger partial charge >= 0.3 is 0 Å². The molecule has 0 aliphatic rings. The SMILES string of the molecule is CC(C)P(=S)(I)C(C)C. The van der Waals surface area contributed by atoms with Gasteiger partial charge in [0.05, 0.1) is 0 Å². The van der Waals surface area contributed by atoms with E-state index in [0.29, 0.717) is 11.3 Å². The predicted molar refractivity (Wildman–Crippen MR) is 58.6 cm³/mol. The van der Waals surface area contributed by atoms with E-state index in [1.807, 2.05) is 0 Å². The van der Waals surface area contributed by atoms with Crippen LogP contribution in [0.5, 0.6) is 0 Å². The molecular weight excluding hydrogens is 262 g/mol. The van der Waals surface area contributed by atoms with E-state index < -0.39 is 3.68 Å².